The van der Waals surface area contributed by atoms with Gasteiger partial charge >= 0.3 is 0 Å². The maximum Gasteiger partial charge on any atom is 0.237 e. The summed E-state index contributed by atoms with van der Waals surface area (Å²) in [7, 11) is 0. The Morgan fingerprint density at radius 3 is 2.62 bits per heavy atom. The average Bonchev–Trinajstić information content (AvgIpc) is 3.17. The summed E-state index contributed by atoms with van der Waals surface area (Å²) in [6.45, 7) is 6.43. The second-order valence-electron chi connectivity index (χ2n) is 9.09. The molecule has 2 saturated heterocycles. The Balaban J connectivity index is 1.12. The van der Waals surface area contributed by atoms with E-state index in [1.807, 2.05) is 24.4 Å². The maximum absolute atomic E-state index is 13.1. The summed E-state index contributed by atoms with van der Waals surface area (Å²) in [5.41, 5.74) is 2.13. The largest absolute Gasteiger partial charge is 0.338 e. The van der Waals surface area contributed by atoms with Crippen LogP contribution in [0.3, 0.4) is 0 Å². The van der Waals surface area contributed by atoms with Crippen LogP contribution in [0.1, 0.15) is 44.2 Å². The number of amides is 1. The highest BCUT2D eigenvalue weighted by molar-refractivity contribution is 5.78. The zero-order valence-electron chi connectivity index (χ0n) is 17.4. The summed E-state index contributed by atoms with van der Waals surface area (Å²) in [6.07, 6.45) is 11.9. The molecule has 2 atom stereocenters. The minimum Gasteiger partial charge on any atom is -0.338 e. The molecule has 3 aliphatic rings. The summed E-state index contributed by atoms with van der Waals surface area (Å²) in [4.78, 5) is 24.8. The molecule has 6 nitrogen and oxygen atoms in total. The Hall–Kier alpha value is -1.92. The number of pyridine rings is 1. The lowest BCUT2D eigenvalue weighted by molar-refractivity contribution is -0.139. The second kappa shape index (κ2) is 8.44. The average molecular weight is 396 g/mol. The smallest absolute Gasteiger partial charge is 0.237 e. The first-order chi connectivity index (χ1) is 14.3. The molecule has 1 aliphatic carbocycles. The van der Waals surface area contributed by atoms with Gasteiger partial charge in [0.25, 0.3) is 0 Å². The number of hydrogen-bond acceptors (Lipinski definition) is 4. The minimum atomic E-state index is 0.371. The number of piperidine rings is 1. The molecule has 1 amide bonds. The van der Waals surface area contributed by atoms with E-state index in [1.165, 1.54) is 38.5 Å². The van der Waals surface area contributed by atoms with Gasteiger partial charge in [-0.25, -0.2) is 4.98 Å². The van der Waals surface area contributed by atoms with Gasteiger partial charge in [0.1, 0.15) is 5.65 Å². The standard InChI is InChI=1S/C23H33N5O/c29-23(28-11-5-7-19-6-1-2-8-21(19)28)18-26-14-12-25(13-15-26)16-20-17-27-10-4-3-9-22(27)24-20/h3-4,9-10,17,19,21H,1-2,5-8,11-16,18H2/t19-,21-/m0/s1. The third-order valence-corrected chi connectivity index (χ3v) is 7.19. The Morgan fingerprint density at radius 2 is 1.76 bits per heavy atom. The van der Waals surface area contributed by atoms with Crippen molar-refractivity contribution in [3.05, 3.63) is 36.3 Å². The third kappa shape index (κ3) is 4.19. The first kappa shape index (κ1) is 19.1. The fourth-order valence-corrected chi connectivity index (χ4v) is 5.61. The van der Waals surface area contributed by atoms with Crippen LogP contribution in [0.2, 0.25) is 0 Å². The zero-order valence-corrected chi connectivity index (χ0v) is 17.4. The van der Waals surface area contributed by atoms with E-state index < -0.39 is 0 Å². The molecule has 0 N–H and O–H groups in total. The Bertz CT molecular complexity index is 806. The van der Waals surface area contributed by atoms with Crippen molar-refractivity contribution in [2.24, 2.45) is 5.92 Å². The molecule has 2 aromatic heterocycles. The lowest BCUT2D eigenvalue weighted by atomic mass is 9.78. The molecule has 3 fully saturated rings. The highest BCUT2D eigenvalue weighted by atomic mass is 16.2. The molecule has 2 aliphatic heterocycles. The number of hydrogen-bond donors (Lipinski definition) is 0. The first-order valence-corrected chi connectivity index (χ1v) is 11.4. The molecule has 6 heteroatoms. The second-order valence-corrected chi connectivity index (χ2v) is 9.09. The number of likely N-dealkylation sites (tertiary alicyclic amines) is 1. The Kier molecular flexibility index (Phi) is 5.55. The molecule has 1 saturated carbocycles. The van der Waals surface area contributed by atoms with E-state index in [9.17, 15) is 4.79 Å². The molecule has 5 rings (SSSR count). The number of rotatable bonds is 4. The molecule has 29 heavy (non-hydrogen) atoms. The highest BCUT2D eigenvalue weighted by Gasteiger charge is 2.36. The first-order valence-electron chi connectivity index (χ1n) is 11.4. The lowest BCUT2D eigenvalue weighted by Gasteiger charge is -2.45. The number of aromatic nitrogens is 2. The van der Waals surface area contributed by atoms with E-state index in [2.05, 4.69) is 25.3 Å². The Morgan fingerprint density at radius 1 is 0.966 bits per heavy atom. The molecule has 0 unspecified atom stereocenters. The number of nitrogens with zero attached hydrogens (tertiary/aromatic N) is 5. The van der Waals surface area contributed by atoms with Gasteiger partial charge in [-0.2, -0.15) is 0 Å². The number of fused-ring (bicyclic) bond motifs is 2. The highest BCUT2D eigenvalue weighted by Crippen LogP contribution is 2.35. The number of piperazine rings is 1. The molecule has 0 spiro atoms. The van der Waals surface area contributed by atoms with Crippen molar-refractivity contribution in [1.82, 2.24) is 24.1 Å². The molecule has 0 bridgehead atoms. The van der Waals surface area contributed by atoms with Crippen LogP contribution >= 0.6 is 0 Å². The van der Waals surface area contributed by atoms with Crippen LogP contribution < -0.4 is 0 Å². The van der Waals surface area contributed by atoms with Crippen LogP contribution in [0.5, 0.6) is 0 Å². The Labute approximate surface area is 173 Å². The van der Waals surface area contributed by atoms with Gasteiger partial charge in [0.15, 0.2) is 0 Å². The minimum absolute atomic E-state index is 0.371. The number of carbonyl (C=O) groups excluding carboxylic acids is 1. The van der Waals surface area contributed by atoms with Gasteiger partial charge in [-0.1, -0.05) is 18.9 Å². The van der Waals surface area contributed by atoms with Crippen LogP contribution in [-0.2, 0) is 11.3 Å². The van der Waals surface area contributed by atoms with Gasteiger partial charge in [0, 0.05) is 57.7 Å². The van der Waals surface area contributed by atoms with Gasteiger partial charge in [0.05, 0.1) is 12.2 Å². The molecule has 0 aromatic carbocycles. The fourth-order valence-electron chi connectivity index (χ4n) is 5.61. The SMILES string of the molecule is O=C(CN1CCN(Cc2cn3ccccc3n2)CC1)N1CCC[C@@H]2CCCC[C@@H]21. The van der Waals surface area contributed by atoms with Gasteiger partial charge in [-0.05, 0) is 43.7 Å². The quantitative estimate of drug-likeness (QED) is 0.798. The molecule has 4 heterocycles. The van der Waals surface area contributed by atoms with Crippen LogP contribution in [0.25, 0.3) is 5.65 Å². The third-order valence-electron chi connectivity index (χ3n) is 7.19. The molecular formula is C23H33N5O. The lowest BCUT2D eigenvalue weighted by Crippen LogP contribution is -2.54. The van der Waals surface area contributed by atoms with Gasteiger partial charge < -0.3 is 9.30 Å². The summed E-state index contributed by atoms with van der Waals surface area (Å²) in [6, 6.07) is 6.64. The summed E-state index contributed by atoms with van der Waals surface area (Å²) in [5, 5.41) is 0. The van der Waals surface area contributed by atoms with Crippen molar-refractivity contribution in [3.63, 3.8) is 0 Å². The van der Waals surface area contributed by atoms with Crippen molar-refractivity contribution in [2.45, 2.75) is 51.1 Å². The summed E-state index contributed by atoms with van der Waals surface area (Å²) < 4.78 is 2.08. The topological polar surface area (TPSA) is 44.1 Å². The van der Waals surface area contributed by atoms with Crippen molar-refractivity contribution < 1.29 is 4.79 Å². The van der Waals surface area contributed by atoms with Crippen molar-refractivity contribution in [1.29, 1.82) is 0 Å². The monoisotopic (exact) mass is 395 g/mol. The number of carbonyl (C=O) groups is 1. The molecule has 156 valence electrons. The van der Waals surface area contributed by atoms with E-state index >= 15 is 0 Å². The van der Waals surface area contributed by atoms with Crippen LogP contribution in [0, 0.1) is 5.92 Å². The number of imidazole rings is 1. The fraction of sp³-hybridized carbons (Fsp3) is 0.652. The van der Waals surface area contributed by atoms with Gasteiger partial charge in [0.2, 0.25) is 5.91 Å². The van der Waals surface area contributed by atoms with E-state index in [-0.39, 0.29) is 0 Å². The van der Waals surface area contributed by atoms with Gasteiger partial charge in [-0.3, -0.25) is 14.6 Å². The summed E-state index contributed by atoms with van der Waals surface area (Å²) in [5.74, 6) is 1.14. The van der Waals surface area contributed by atoms with Crippen LogP contribution in [-0.4, -0.2) is 75.3 Å². The predicted molar refractivity (Wildman–Crippen MR) is 114 cm³/mol. The van der Waals surface area contributed by atoms with E-state index in [4.69, 9.17) is 4.98 Å². The van der Waals surface area contributed by atoms with Crippen molar-refractivity contribution >= 4 is 11.6 Å². The molecular weight excluding hydrogens is 362 g/mol. The molecule has 2 aromatic rings. The predicted octanol–water partition coefficient (Wildman–Crippen LogP) is 2.63. The van der Waals surface area contributed by atoms with E-state index in [1.54, 1.807) is 0 Å². The van der Waals surface area contributed by atoms with Crippen LogP contribution in [0.15, 0.2) is 30.6 Å². The van der Waals surface area contributed by atoms with Crippen molar-refractivity contribution in [2.75, 3.05) is 39.3 Å². The molecule has 0 radical (unpaired) electrons. The van der Waals surface area contributed by atoms with Gasteiger partial charge in [-0.15, -0.1) is 0 Å². The van der Waals surface area contributed by atoms with E-state index in [0.29, 0.717) is 18.5 Å². The van der Waals surface area contributed by atoms with Crippen LogP contribution in [0.4, 0.5) is 0 Å². The van der Waals surface area contributed by atoms with Crippen molar-refractivity contribution in [3.8, 4) is 0 Å². The summed E-state index contributed by atoms with van der Waals surface area (Å²) >= 11 is 0. The van der Waals surface area contributed by atoms with E-state index in [0.717, 1.165) is 56.5 Å². The normalized spacial score (nSPS) is 26.6. The zero-order chi connectivity index (χ0) is 19.6. The maximum atomic E-state index is 13.1.